The molecule has 1 unspecified atom stereocenters. The van der Waals surface area contributed by atoms with Crippen LogP contribution in [0.15, 0.2) is 0 Å². The second kappa shape index (κ2) is 3.56. The molecule has 1 aromatic heterocycles. The Bertz CT molecular complexity index is 445. The Balaban J connectivity index is 1.96. The Morgan fingerprint density at radius 1 is 1.35 bits per heavy atom. The van der Waals surface area contributed by atoms with Gasteiger partial charge in [0.15, 0.2) is 0 Å². The fraction of sp³-hybridized carbons (Fsp3) is 0.769. The van der Waals surface area contributed by atoms with Crippen molar-refractivity contribution < 1.29 is 0 Å². The summed E-state index contributed by atoms with van der Waals surface area (Å²) in [6.45, 7) is 6.57. The van der Waals surface area contributed by atoms with E-state index in [1.165, 1.54) is 24.2 Å². The molecule has 4 nitrogen and oxygen atoms in total. The summed E-state index contributed by atoms with van der Waals surface area (Å²) in [5.74, 6) is 0. The molecule has 1 aliphatic carbocycles. The van der Waals surface area contributed by atoms with Gasteiger partial charge in [-0.05, 0) is 46.7 Å². The summed E-state index contributed by atoms with van der Waals surface area (Å²) in [5, 5.41) is 4.74. The van der Waals surface area contributed by atoms with E-state index in [0.29, 0.717) is 6.04 Å². The summed E-state index contributed by atoms with van der Waals surface area (Å²) < 4.78 is 2.22. The van der Waals surface area contributed by atoms with E-state index in [2.05, 4.69) is 30.5 Å². The maximum atomic E-state index is 6.35. The third kappa shape index (κ3) is 1.70. The van der Waals surface area contributed by atoms with Crippen LogP contribution in [0.3, 0.4) is 0 Å². The molecule has 0 aromatic carbocycles. The molecule has 4 heteroatoms. The van der Waals surface area contributed by atoms with Gasteiger partial charge in [0.1, 0.15) is 0 Å². The molecule has 1 aliphatic heterocycles. The average molecular weight is 234 g/mol. The number of likely N-dealkylation sites (N-methyl/N-ethyl adjacent to an activating group) is 1. The van der Waals surface area contributed by atoms with E-state index in [0.717, 1.165) is 25.1 Å². The molecule has 2 N–H and O–H groups in total. The summed E-state index contributed by atoms with van der Waals surface area (Å²) in [5.41, 5.74) is 10.0. The fourth-order valence-corrected chi connectivity index (χ4v) is 3.24. The zero-order valence-electron chi connectivity index (χ0n) is 11.0. The molecule has 1 saturated carbocycles. The van der Waals surface area contributed by atoms with E-state index < -0.39 is 0 Å². The first-order valence-electron chi connectivity index (χ1n) is 6.55. The van der Waals surface area contributed by atoms with E-state index in [-0.39, 0.29) is 5.54 Å². The summed E-state index contributed by atoms with van der Waals surface area (Å²) in [7, 11) is 2.18. The van der Waals surface area contributed by atoms with E-state index in [1.807, 2.05) is 0 Å². The fourth-order valence-electron chi connectivity index (χ4n) is 3.24. The lowest BCUT2D eigenvalue weighted by atomic mass is 10.0. The molecule has 1 saturated heterocycles. The van der Waals surface area contributed by atoms with Gasteiger partial charge in [-0.3, -0.25) is 4.68 Å². The number of aryl methyl sites for hydroxylation is 1. The van der Waals surface area contributed by atoms with Gasteiger partial charge in [-0.1, -0.05) is 0 Å². The van der Waals surface area contributed by atoms with Crippen LogP contribution in [0.1, 0.15) is 42.3 Å². The van der Waals surface area contributed by atoms with Crippen LogP contribution in [0.25, 0.3) is 0 Å². The number of likely N-dealkylation sites (tertiary alicyclic amines) is 1. The number of nitrogens with zero attached hydrogens (tertiary/aromatic N) is 3. The lowest BCUT2D eigenvalue weighted by Gasteiger charge is -2.15. The van der Waals surface area contributed by atoms with Crippen molar-refractivity contribution in [1.82, 2.24) is 14.7 Å². The Labute approximate surface area is 103 Å². The van der Waals surface area contributed by atoms with E-state index in [1.54, 1.807) is 0 Å². The summed E-state index contributed by atoms with van der Waals surface area (Å²) >= 11 is 0. The number of hydrogen-bond acceptors (Lipinski definition) is 3. The Morgan fingerprint density at radius 2 is 2.06 bits per heavy atom. The van der Waals surface area contributed by atoms with Crippen molar-refractivity contribution in [3.63, 3.8) is 0 Å². The zero-order valence-corrected chi connectivity index (χ0v) is 11.0. The van der Waals surface area contributed by atoms with Gasteiger partial charge >= 0.3 is 0 Å². The molecule has 2 aliphatic rings. The maximum absolute atomic E-state index is 6.35. The van der Waals surface area contributed by atoms with Crippen molar-refractivity contribution >= 4 is 0 Å². The van der Waals surface area contributed by atoms with Crippen molar-refractivity contribution in [2.45, 2.75) is 44.7 Å². The first kappa shape index (κ1) is 11.2. The van der Waals surface area contributed by atoms with Crippen LogP contribution in [0.5, 0.6) is 0 Å². The molecule has 17 heavy (non-hydrogen) atoms. The highest BCUT2D eigenvalue weighted by Gasteiger charge is 2.44. The molecular formula is C13H22N4. The lowest BCUT2D eigenvalue weighted by Crippen LogP contribution is -2.21. The number of aromatic nitrogens is 2. The van der Waals surface area contributed by atoms with Gasteiger partial charge in [-0.15, -0.1) is 0 Å². The van der Waals surface area contributed by atoms with Gasteiger partial charge in [0.05, 0.1) is 11.7 Å². The quantitative estimate of drug-likeness (QED) is 0.839. The second-order valence-electron chi connectivity index (χ2n) is 5.85. The topological polar surface area (TPSA) is 47.1 Å². The summed E-state index contributed by atoms with van der Waals surface area (Å²) in [6, 6.07) is 0.537. The van der Waals surface area contributed by atoms with Crippen LogP contribution in [0, 0.1) is 13.8 Å². The minimum Gasteiger partial charge on any atom is -0.321 e. The molecule has 1 aromatic rings. The highest BCUT2D eigenvalue weighted by Crippen LogP contribution is 2.45. The summed E-state index contributed by atoms with van der Waals surface area (Å²) in [4.78, 5) is 2.37. The largest absolute Gasteiger partial charge is 0.321 e. The highest BCUT2D eigenvalue weighted by molar-refractivity contribution is 5.37. The van der Waals surface area contributed by atoms with Crippen LogP contribution in [-0.2, 0) is 5.54 Å². The van der Waals surface area contributed by atoms with Gasteiger partial charge in [-0.25, -0.2) is 0 Å². The van der Waals surface area contributed by atoms with E-state index >= 15 is 0 Å². The Kier molecular flexibility index (Phi) is 2.35. The van der Waals surface area contributed by atoms with Crippen molar-refractivity contribution in [2.75, 3.05) is 20.1 Å². The first-order valence-corrected chi connectivity index (χ1v) is 6.55. The predicted octanol–water partition coefficient (Wildman–Crippen LogP) is 1.32. The SMILES string of the molecule is Cc1nn(C2CCN(C)C2)c(C)c1C1(N)CC1. The Hall–Kier alpha value is -0.870. The molecule has 0 bridgehead atoms. The van der Waals surface area contributed by atoms with Crippen LogP contribution >= 0.6 is 0 Å². The molecule has 0 spiro atoms. The van der Waals surface area contributed by atoms with Crippen LogP contribution in [0.2, 0.25) is 0 Å². The van der Waals surface area contributed by atoms with Gasteiger partial charge in [-0.2, -0.15) is 5.10 Å². The number of hydrogen-bond donors (Lipinski definition) is 1. The second-order valence-corrected chi connectivity index (χ2v) is 5.85. The third-order valence-electron chi connectivity index (χ3n) is 4.32. The van der Waals surface area contributed by atoms with Crippen molar-refractivity contribution in [3.8, 4) is 0 Å². The van der Waals surface area contributed by atoms with Gasteiger partial charge < -0.3 is 10.6 Å². The smallest absolute Gasteiger partial charge is 0.0661 e. The van der Waals surface area contributed by atoms with Crippen LogP contribution in [-0.4, -0.2) is 34.8 Å². The molecule has 2 fully saturated rings. The minimum atomic E-state index is -0.0586. The molecule has 2 heterocycles. The molecule has 3 rings (SSSR count). The number of rotatable bonds is 2. The van der Waals surface area contributed by atoms with Crippen LogP contribution in [0.4, 0.5) is 0 Å². The summed E-state index contributed by atoms with van der Waals surface area (Å²) in [6.07, 6.45) is 3.44. The van der Waals surface area contributed by atoms with Crippen molar-refractivity contribution in [2.24, 2.45) is 5.73 Å². The van der Waals surface area contributed by atoms with E-state index in [9.17, 15) is 0 Å². The van der Waals surface area contributed by atoms with Gasteiger partial charge in [0.25, 0.3) is 0 Å². The lowest BCUT2D eigenvalue weighted by molar-refractivity contribution is 0.378. The molecule has 94 valence electrons. The highest BCUT2D eigenvalue weighted by atomic mass is 15.3. The van der Waals surface area contributed by atoms with Crippen LogP contribution < -0.4 is 5.73 Å². The molecular weight excluding hydrogens is 212 g/mol. The molecule has 0 amide bonds. The molecule has 1 atom stereocenters. The van der Waals surface area contributed by atoms with Crippen molar-refractivity contribution in [3.05, 3.63) is 17.0 Å². The standard InChI is InChI=1S/C13H22N4/c1-9-12(13(14)5-6-13)10(2)17(15-9)11-4-7-16(3)8-11/h11H,4-8,14H2,1-3H3. The van der Waals surface area contributed by atoms with Gasteiger partial charge in [0, 0.05) is 23.3 Å². The zero-order chi connectivity index (χ0) is 12.2. The van der Waals surface area contributed by atoms with Gasteiger partial charge in [0.2, 0.25) is 0 Å². The van der Waals surface area contributed by atoms with E-state index in [4.69, 9.17) is 10.8 Å². The maximum Gasteiger partial charge on any atom is 0.0661 e. The first-order chi connectivity index (χ1) is 8.01. The minimum absolute atomic E-state index is 0.0586. The average Bonchev–Trinajstić information content (AvgIpc) is 2.71. The van der Waals surface area contributed by atoms with Crippen molar-refractivity contribution in [1.29, 1.82) is 0 Å². The monoisotopic (exact) mass is 234 g/mol. The predicted molar refractivity (Wildman–Crippen MR) is 68.0 cm³/mol. The normalized spacial score (nSPS) is 27.6. The molecule has 0 radical (unpaired) electrons. The number of nitrogens with two attached hydrogens (primary N) is 1. The third-order valence-corrected chi connectivity index (χ3v) is 4.32. The Morgan fingerprint density at radius 3 is 2.59 bits per heavy atom.